The van der Waals surface area contributed by atoms with E-state index in [1.54, 1.807) is 17.7 Å². The fourth-order valence-electron chi connectivity index (χ4n) is 3.41. The third-order valence-electron chi connectivity index (χ3n) is 4.71. The molecule has 26 heavy (non-hydrogen) atoms. The lowest BCUT2D eigenvalue weighted by Crippen LogP contribution is -2.01. The molecule has 0 bridgehead atoms. The van der Waals surface area contributed by atoms with Crippen molar-refractivity contribution in [1.29, 1.82) is 0 Å². The van der Waals surface area contributed by atoms with Gasteiger partial charge in [0.1, 0.15) is 17.0 Å². The van der Waals surface area contributed by atoms with Crippen LogP contribution in [0.25, 0.3) is 21.3 Å². The van der Waals surface area contributed by atoms with Crippen molar-refractivity contribution >= 4 is 33.1 Å². The first-order chi connectivity index (χ1) is 12.7. The van der Waals surface area contributed by atoms with Crippen LogP contribution in [0.1, 0.15) is 22.9 Å². The van der Waals surface area contributed by atoms with Gasteiger partial charge in [-0.2, -0.15) is 0 Å². The van der Waals surface area contributed by atoms with Crippen LogP contribution in [0, 0.1) is 13.8 Å². The molecule has 130 valence electrons. The zero-order valence-corrected chi connectivity index (χ0v) is 16.0. The van der Waals surface area contributed by atoms with Crippen LogP contribution >= 0.6 is 11.3 Å². The van der Waals surface area contributed by atoms with E-state index in [1.165, 1.54) is 27.1 Å². The highest BCUT2D eigenvalue weighted by Crippen LogP contribution is 2.41. The van der Waals surface area contributed by atoms with Crippen molar-refractivity contribution in [3.63, 3.8) is 0 Å². The number of nitrogens with zero attached hydrogens (tertiary/aromatic N) is 2. The summed E-state index contributed by atoms with van der Waals surface area (Å²) in [6.07, 6.45) is 2.63. The summed E-state index contributed by atoms with van der Waals surface area (Å²) in [6, 6.07) is 16.9. The maximum absolute atomic E-state index is 4.60. The van der Waals surface area contributed by atoms with E-state index in [2.05, 4.69) is 78.5 Å². The molecule has 0 aliphatic rings. The predicted molar refractivity (Wildman–Crippen MR) is 111 cm³/mol. The van der Waals surface area contributed by atoms with E-state index in [0.29, 0.717) is 0 Å². The molecule has 2 aromatic heterocycles. The van der Waals surface area contributed by atoms with Crippen LogP contribution in [0.5, 0.6) is 0 Å². The summed E-state index contributed by atoms with van der Waals surface area (Å²) in [5.74, 6) is 0.877. The Morgan fingerprint density at radius 2 is 1.77 bits per heavy atom. The lowest BCUT2D eigenvalue weighted by Gasteiger charge is -2.14. The second kappa shape index (κ2) is 6.89. The number of anilines is 2. The molecule has 0 spiro atoms. The minimum atomic E-state index is 0.877. The molecule has 0 unspecified atom stereocenters. The summed E-state index contributed by atoms with van der Waals surface area (Å²) in [5.41, 5.74) is 6.10. The summed E-state index contributed by atoms with van der Waals surface area (Å²) >= 11 is 1.72. The first kappa shape index (κ1) is 16.7. The lowest BCUT2D eigenvalue weighted by atomic mass is 10.0. The number of thiophene rings is 1. The van der Waals surface area contributed by atoms with Gasteiger partial charge in [0.25, 0.3) is 0 Å². The highest BCUT2D eigenvalue weighted by molar-refractivity contribution is 7.19. The Kier molecular flexibility index (Phi) is 4.43. The van der Waals surface area contributed by atoms with Gasteiger partial charge in [-0.3, -0.25) is 0 Å². The Balaban J connectivity index is 1.92. The zero-order valence-electron chi connectivity index (χ0n) is 15.2. The van der Waals surface area contributed by atoms with E-state index in [1.807, 2.05) is 6.07 Å². The van der Waals surface area contributed by atoms with E-state index in [9.17, 15) is 0 Å². The molecule has 0 aliphatic carbocycles. The van der Waals surface area contributed by atoms with Gasteiger partial charge in [0, 0.05) is 16.1 Å². The number of para-hydroxylation sites is 1. The second-order valence-corrected chi connectivity index (χ2v) is 7.59. The lowest BCUT2D eigenvalue weighted by molar-refractivity contribution is 1.13. The third kappa shape index (κ3) is 2.86. The molecule has 1 N–H and O–H groups in total. The van der Waals surface area contributed by atoms with Gasteiger partial charge in [-0.1, -0.05) is 55.5 Å². The predicted octanol–water partition coefficient (Wildman–Crippen LogP) is 6.28. The zero-order chi connectivity index (χ0) is 18.1. The molecule has 3 nitrogen and oxygen atoms in total. The van der Waals surface area contributed by atoms with Crippen LogP contribution < -0.4 is 5.32 Å². The first-order valence-corrected chi connectivity index (χ1v) is 9.65. The third-order valence-corrected chi connectivity index (χ3v) is 5.72. The Hall–Kier alpha value is -2.72. The van der Waals surface area contributed by atoms with E-state index in [0.717, 1.165) is 28.1 Å². The number of aromatic nitrogens is 2. The molecule has 0 saturated carbocycles. The number of benzene rings is 2. The summed E-state index contributed by atoms with van der Waals surface area (Å²) in [5, 5.41) is 4.72. The fraction of sp³-hybridized carbons (Fsp3) is 0.182. The number of nitrogens with one attached hydrogen (secondary N) is 1. The molecule has 0 saturated heterocycles. The van der Waals surface area contributed by atoms with Crippen LogP contribution in [-0.2, 0) is 6.42 Å². The quantitative estimate of drug-likeness (QED) is 0.466. The Bertz CT molecular complexity index is 1070. The maximum Gasteiger partial charge on any atom is 0.143 e. The Morgan fingerprint density at radius 3 is 2.54 bits per heavy atom. The molecule has 0 fully saturated rings. The molecule has 4 aromatic rings. The van der Waals surface area contributed by atoms with Gasteiger partial charge >= 0.3 is 0 Å². The Labute approximate surface area is 157 Å². The average Bonchev–Trinajstić information content (AvgIpc) is 3.00. The highest BCUT2D eigenvalue weighted by Gasteiger charge is 2.17. The second-order valence-electron chi connectivity index (χ2n) is 6.39. The van der Waals surface area contributed by atoms with Crippen LogP contribution in [-0.4, -0.2) is 9.97 Å². The molecule has 4 heteroatoms. The molecule has 0 amide bonds. The first-order valence-electron chi connectivity index (χ1n) is 8.84. The van der Waals surface area contributed by atoms with E-state index >= 15 is 0 Å². The number of hydrogen-bond donors (Lipinski definition) is 1. The highest BCUT2D eigenvalue weighted by atomic mass is 32.1. The molecule has 4 rings (SSSR count). The molecule has 0 radical (unpaired) electrons. The fourth-order valence-corrected chi connectivity index (χ4v) is 4.42. The minimum absolute atomic E-state index is 0.877. The van der Waals surface area contributed by atoms with Gasteiger partial charge in [-0.05, 0) is 37.0 Å². The van der Waals surface area contributed by atoms with Gasteiger partial charge in [-0.25, -0.2) is 9.97 Å². The molecular weight excluding hydrogens is 338 g/mol. The Morgan fingerprint density at radius 1 is 0.962 bits per heavy atom. The van der Waals surface area contributed by atoms with Crippen LogP contribution in [0.3, 0.4) is 0 Å². The van der Waals surface area contributed by atoms with Crippen molar-refractivity contribution in [1.82, 2.24) is 9.97 Å². The molecule has 2 heterocycles. The van der Waals surface area contributed by atoms with Crippen molar-refractivity contribution in [2.75, 3.05) is 5.32 Å². The summed E-state index contributed by atoms with van der Waals surface area (Å²) < 4.78 is 0. The van der Waals surface area contributed by atoms with Crippen molar-refractivity contribution in [3.05, 3.63) is 70.9 Å². The van der Waals surface area contributed by atoms with Crippen molar-refractivity contribution in [2.24, 2.45) is 0 Å². The monoisotopic (exact) mass is 359 g/mol. The SMILES string of the molecule is CCc1cccc(C)c1Nc1ncnc2sc(C)c(-c3ccccc3)c12. The van der Waals surface area contributed by atoms with Crippen molar-refractivity contribution < 1.29 is 0 Å². The van der Waals surface area contributed by atoms with Crippen molar-refractivity contribution in [3.8, 4) is 11.1 Å². The standard InChI is InChI=1S/C22H21N3S/c1-4-16-12-8-9-14(2)20(16)25-21-19-18(17-10-6-5-7-11-17)15(3)26-22(19)24-13-23-21/h5-13H,4H2,1-3H3,(H,23,24,25). The normalized spacial score (nSPS) is 11.0. The number of fused-ring (bicyclic) bond motifs is 1. The van der Waals surface area contributed by atoms with Gasteiger partial charge in [0.2, 0.25) is 0 Å². The van der Waals surface area contributed by atoms with Crippen molar-refractivity contribution in [2.45, 2.75) is 27.2 Å². The van der Waals surface area contributed by atoms with Crippen LogP contribution in [0.15, 0.2) is 54.9 Å². The van der Waals surface area contributed by atoms with Crippen LogP contribution in [0.4, 0.5) is 11.5 Å². The summed E-state index contributed by atoms with van der Waals surface area (Å²) in [4.78, 5) is 11.4. The van der Waals surface area contributed by atoms with Gasteiger partial charge in [0.15, 0.2) is 0 Å². The minimum Gasteiger partial charge on any atom is -0.339 e. The average molecular weight is 359 g/mol. The topological polar surface area (TPSA) is 37.8 Å². The number of aryl methyl sites for hydroxylation is 3. The van der Waals surface area contributed by atoms with Gasteiger partial charge in [-0.15, -0.1) is 11.3 Å². The maximum atomic E-state index is 4.60. The number of rotatable bonds is 4. The van der Waals surface area contributed by atoms with Crippen LogP contribution in [0.2, 0.25) is 0 Å². The summed E-state index contributed by atoms with van der Waals surface area (Å²) in [6.45, 7) is 6.47. The van der Waals surface area contributed by atoms with E-state index < -0.39 is 0 Å². The molecular formula is C22H21N3S. The van der Waals surface area contributed by atoms with Gasteiger partial charge in [0.05, 0.1) is 5.39 Å². The smallest absolute Gasteiger partial charge is 0.143 e. The summed E-state index contributed by atoms with van der Waals surface area (Å²) in [7, 11) is 0. The molecule has 0 aliphatic heterocycles. The van der Waals surface area contributed by atoms with E-state index in [-0.39, 0.29) is 0 Å². The van der Waals surface area contributed by atoms with Gasteiger partial charge < -0.3 is 5.32 Å². The number of hydrogen-bond acceptors (Lipinski definition) is 4. The molecule has 0 atom stereocenters. The molecule has 2 aromatic carbocycles. The largest absolute Gasteiger partial charge is 0.339 e. The van der Waals surface area contributed by atoms with E-state index in [4.69, 9.17) is 0 Å².